The van der Waals surface area contributed by atoms with Crippen LogP contribution in [0.5, 0.6) is 0 Å². The van der Waals surface area contributed by atoms with Gasteiger partial charge in [0, 0.05) is 11.4 Å². The molecule has 0 spiro atoms. The Hall–Kier alpha value is -0.290. The lowest BCUT2D eigenvalue weighted by Gasteiger charge is -2.09. The summed E-state index contributed by atoms with van der Waals surface area (Å²) in [6.07, 6.45) is 0. The Bertz CT molecular complexity index is 521. The first-order chi connectivity index (χ1) is 8.06. The van der Waals surface area contributed by atoms with Crippen molar-refractivity contribution in [3.05, 3.63) is 48.8 Å². The predicted molar refractivity (Wildman–Crippen MR) is 75.8 cm³/mol. The maximum absolute atomic E-state index is 13.0. The van der Waals surface area contributed by atoms with Crippen molar-refractivity contribution in [2.24, 2.45) is 0 Å². The number of hydrogen-bond donors (Lipinski definition) is 1. The van der Waals surface area contributed by atoms with Crippen LogP contribution in [0.3, 0.4) is 0 Å². The molecule has 0 bridgehead atoms. The third-order valence-electron chi connectivity index (χ3n) is 2.08. The monoisotopic (exact) mass is 353 g/mol. The summed E-state index contributed by atoms with van der Waals surface area (Å²) in [5.74, 6) is -0.440. The number of nitrogens with one attached hydrogen (secondary N) is 1. The van der Waals surface area contributed by atoms with Crippen molar-refractivity contribution >= 4 is 56.2 Å². The van der Waals surface area contributed by atoms with Crippen molar-refractivity contribution in [3.8, 4) is 0 Å². The molecule has 1 aromatic heterocycles. The number of hydrogen-bond acceptors (Lipinski definition) is 2. The Morgan fingerprint density at radius 2 is 1.88 bits per heavy atom. The number of halogens is 4. The van der Waals surface area contributed by atoms with E-state index in [1.54, 1.807) is 11.3 Å². The molecule has 2 rings (SSSR count). The van der Waals surface area contributed by atoms with Gasteiger partial charge in [-0.25, -0.2) is 4.39 Å². The van der Waals surface area contributed by atoms with Gasteiger partial charge in [0.15, 0.2) is 0 Å². The van der Waals surface area contributed by atoms with E-state index in [1.807, 2.05) is 12.1 Å². The summed E-state index contributed by atoms with van der Waals surface area (Å²) < 4.78 is 14.0. The molecule has 17 heavy (non-hydrogen) atoms. The van der Waals surface area contributed by atoms with Gasteiger partial charge in [0.25, 0.3) is 0 Å². The van der Waals surface area contributed by atoms with E-state index in [9.17, 15) is 4.39 Å². The average molecular weight is 355 g/mol. The Morgan fingerprint density at radius 3 is 2.41 bits per heavy atom. The summed E-state index contributed by atoms with van der Waals surface area (Å²) in [7, 11) is 0. The first-order valence-corrected chi connectivity index (χ1v) is 7.05. The molecule has 0 saturated carbocycles. The number of benzene rings is 1. The van der Waals surface area contributed by atoms with Crippen LogP contribution in [0.4, 0.5) is 10.1 Å². The molecule has 1 nitrogen and oxygen atoms in total. The third-order valence-corrected chi connectivity index (χ3v) is 4.29. The second-order valence-electron chi connectivity index (χ2n) is 3.30. The molecule has 6 heteroatoms. The Labute approximate surface area is 121 Å². The first kappa shape index (κ1) is 13.1. The van der Waals surface area contributed by atoms with E-state index in [0.717, 1.165) is 8.66 Å². The van der Waals surface area contributed by atoms with Crippen molar-refractivity contribution < 1.29 is 4.39 Å². The van der Waals surface area contributed by atoms with Crippen LogP contribution in [0, 0.1) is 5.82 Å². The molecule has 1 N–H and O–H groups in total. The summed E-state index contributed by atoms with van der Waals surface area (Å²) in [6.45, 7) is 0.599. The van der Waals surface area contributed by atoms with Gasteiger partial charge in [0.05, 0.1) is 19.5 Å². The molecule has 2 aromatic rings. The molecular weight excluding hydrogens is 348 g/mol. The van der Waals surface area contributed by atoms with Crippen molar-refractivity contribution in [1.82, 2.24) is 0 Å². The lowest BCUT2D eigenvalue weighted by molar-refractivity contribution is 0.628. The van der Waals surface area contributed by atoms with Gasteiger partial charge in [-0.05, 0) is 40.2 Å². The van der Waals surface area contributed by atoms with E-state index < -0.39 is 5.82 Å². The van der Waals surface area contributed by atoms with Gasteiger partial charge >= 0.3 is 0 Å². The van der Waals surface area contributed by atoms with E-state index >= 15 is 0 Å². The van der Waals surface area contributed by atoms with Gasteiger partial charge in [0.2, 0.25) is 0 Å². The van der Waals surface area contributed by atoms with Gasteiger partial charge in [-0.3, -0.25) is 0 Å². The summed E-state index contributed by atoms with van der Waals surface area (Å²) >= 11 is 16.8. The SMILES string of the molecule is Fc1cc(Cl)c(NCc2ccc(Br)s2)c(Cl)c1. The molecule has 0 aliphatic carbocycles. The third kappa shape index (κ3) is 3.35. The van der Waals surface area contributed by atoms with Gasteiger partial charge in [0.1, 0.15) is 5.82 Å². The van der Waals surface area contributed by atoms with Crippen LogP contribution in [-0.2, 0) is 6.54 Å². The Morgan fingerprint density at radius 1 is 1.24 bits per heavy atom. The van der Waals surface area contributed by atoms with Crippen LogP contribution in [0.1, 0.15) is 4.88 Å². The van der Waals surface area contributed by atoms with Crippen LogP contribution in [0.15, 0.2) is 28.1 Å². The molecule has 0 fully saturated rings. The molecule has 0 amide bonds. The fourth-order valence-corrected chi connectivity index (χ4v) is 3.35. The lowest BCUT2D eigenvalue weighted by atomic mass is 10.3. The maximum atomic E-state index is 13.0. The number of rotatable bonds is 3. The molecular formula is C11H7BrCl2FNS. The highest BCUT2D eigenvalue weighted by Gasteiger charge is 2.08. The topological polar surface area (TPSA) is 12.0 Å². The highest BCUT2D eigenvalue weighted by atomic mass is 79.9. The maximum Gasteiger partial charge on any atom is 0.126 e. The predicted octanol–water partition coefficient (Wildman–Crippen LogP) is 5.57. The van der Waals surface area contributed by atoms with Crippen LogP contribution in [-0.4, -0.2) is 0 Å². The van der Waals surface area contributed by atoms with Crippen LogP contribution < -0.4 is 5.32 Å². The Balaban J connectivity index is 2.14. The van der Waals surface area contributed by atoms with Crippen molar-refractivity contribution in [1.29, 1.82) is 0 Å². The zero-order valence-electron chi connectivity index (χ0n) is 8.44. The molecule has 0 saturated heterocycles. The van der Waals surface area contributed by atoms with Gasteiger partial charge < -0.3 is 5.32 Å². The highest BCUT2D eigenvalue weighted by molar-refractivity contribution is 9.11. The molecule has 0 radical (unpaired) electrons. The standard InChI is InChI=1S/C11H7BrCl2FNS/c12-10-2-1-7(17-10)5-16-11-8(13)3-6(15)4-9(11)14/h1-4,16H,5H2. The van der Waals surface area contributed by atoms with Crippen LogP contribution in [0.2, 0.25) is 10.0 Å². The summed E-state index contributed by atoms with van der Waals surface area (Å²) in [5.41, 5.74) is 0.555. The molecule has 0 aliphatic heterocycles. The highest BCUT2D eigenvalue weighted by Crippen LogP contribution is 2.32. The van der Waals surface area contributed by atoms with E-state index in [2.05, 4.69) is 21.2 Å². The molecule has 0 atom stereocenters. The van der Waals surface area contributed by atoms with E-state index in [-0.39, 0.29) is 10.0 Å². The molecule has 1 aromatic carbocycles. The van der Waals surface area contributed by atoms with E-state index in [0.29, 0.717) is 12.2 Å². The second-order valence-corrected chi connectivity index (χ2v) is 6.67. The second kappa shape index (κ2) is 5.57. The van der Waals surface area contributed by atoms with Gasteiger partial charge in [-0.1, -0.05) is 23.2 Å². The molecule has 0 aliphatic rings. The summed E-state index contributed by atoms with van der Waals surface area (Å²) in [5, 5.41) is 3.66. The first-order valence-electron chi connectivity index (χ1n) is 4.69. The summed E-state index contributed by atoms with van der Waals surface area (Å²) in [6, 6.07) is 6.43. The normalized spacial score (nSPS) is 10.6. The average Bonchev–Trinajstić information content (AvgIpc) is 2.62. The molecule has 90 valence electrons. The molecule has 1 heterocycles. The van der Waals surface area contributed by atoms with Crippen molar-refractivity contribution in [2.45, 2.75) is 6.54 Å². The fourth-order valence-electron chi connectivity index (χ4n) is 1.33. The van der Waals surface area contributed by atoms with Crippen LogP contribution >= 0.6 is 50.5 Å². The van der Waals surface area contributed by atoms with Gasteiger partial charge in [-0.2, -0.15) is 0 Å². The smallest absolute Gasteiger partial charge is 0.126 e. The molecule has 0 unspecified atom stereocenters. The zero-order chi connectivity index (χ0) is 12.4. The minimum absolute atomic E-state index is 0.283. The van der Waals surface area contributed by atoms with Crippen LogP contribution in [0.25, 0.3) is 0 Å². The summed E-state index contributed by atoms with van der Waals surface area (Å²) in [4.78, 5) is 1.13. The minimum atomic E-state index is -0.440. The lowest BCUT2D eigenvalue weighted by Crippen LogP contribution is -1.99. The number of thiophene rings is 1. The zero-order valence-corrected chi connectivity index (χ0v) is 12.4. The minimum Gasteiger partial charge on any atom is -0.378 e. The fraction of sp³-hybridized carbons (Fsp3) is 0.0909. The Kier molecular flexibility index (Phi) is 4.31. The number of anilines is 1. The van der Waals surface area contributed by atoms with E-state index in [1.165, 1.54) is 12.1 Å². The van der Waals surface area contributed by atoms with Crippen molar-refractivity contribution in [3.63, 3.8) is 0 Å². The van der Waals surface area contributed by atoms with E-state index in [4.69, 9.17) is 23.2 Å². The quantitative estimate of drug-likeness (QED) is 0.759. The van der Waals surface area contributed by atoms with Crippen molar-refractivity contribution in [2.75, 3.05) is 5.32 Å². The van der Waals surface area contributed by atoms with Gasteiger partial charge in [-0.15, -0.1) is 11.3 Å². The largest absolute Gasteiger partial charge is 0.378 e.